The third kappa shape index (κ3) is 5.14. The number of carbonyl (C=O) groups is 2. The first-order valence-electron chi connectivity index (χ1n) is 8.65. The molecule has 0 atom stereocenters. The number of anilines is 1. The first-order valence-corrected chi connectivity index (χ1v) is 8.65. The predicted octanol–water partition coefficient (Wildman–Crippen LogP) is 5.03. The average Bonchev–Trinajstić information content (AvgIpc) is 2.75. The quantitative estimate of drug-likeness (QED) is 0.313. The Morgan fingerprint density at radius 3 is 2.03 bits per heavy atom. The number of aliphatic hydroxyl groups excluding tert-OH is 1. The van der Waals surface area contributed by atoms with Crippen molar-refractivity contribution in [1.82, 2.24) is 0 Å². The second kappa shape index (κ2) is 9.09. The van der Waals surface area contributed by atoms with Crippen molar-refractivity contribution in [3.05, 3.63) is 102 Å². The second-order valence-electron chi connectivity index (χ2n) is 5.94. The Kier molecular flexibility index (Phi) is 6.12. The second-order valence-corrected chi connectivity index (χ2v) is 5.94. The molecule has 0 fully saturated rings. The Morgan fingerprint density at radius 1 is 0.759 bits per heavy atom. The molecular weight excluding hydrogens is 370 g/mol. The number of rotatable bonds is 6. The van der Waals surface area contributed by atoms with Crippen LogP contribution in [0, 0.1) is 0 Å². The Balaban J connectivity index is 1.98. The summed E-state index contributed by atoms with van der Waals surface area (Å²) in [5.74, 6) is -2.11. The molecule has 0 spiro atoms. The van der Waals surface area contributed by atoms with E-state index in [1.54, 1.807) is 60.7 Å². The fraction of sp³-hybridized carbons (Fsp3) is 0. The van der Waals surface area contributed by atoms with Crippen molar-refractivity contribution in [2.75, 3.05) is 5.32 Å². The number of benzene rings is 3. The van der Waals surface area contributed by atoms with Gasteiger partial charge < -0.3 is 15.5 Å². The molecule has 0 aliphatic carbocycles. The van der Waals surface area contributed by atoms with E-state index in [4.69, 9.17) is 5.11 Å². The third-order valence-electron chi connectivity index (χ3n) is 3.88. The molecule has 3 aromatic carbocycles. The standard InChI is InChI=1S/C22H17N3O4/c26-20(15-8-3-1-4-9-15)19(21(27)23-17-11-5-2-6-12-17)25-24-18-13-7-10-16(14-18)22(28)29/h1-14,26H,(H,23,27)(H,28,29)/b20-19+,25-24?. The molecule has 3 N–H and O–H groups in total. The van der Waals surface area contributed by atoms with E-state index < -0.39 is 11.9 Å². The summed E-state index contributed by atoms with van der Waals surface area (Å²) in [6.07, 6.45) is 0. The van der Waals surface area contributed by atoms with Crippen molar-refractivity contribution in [3.8, 4) is 0 Å². The predicted molar refractivity (Wildman–Crippen MR) is 109 cm³/mol. The lowest BCUT2D eigenvalue weighted by atomic mass is 10.1. The SMILES string of the molecule is O=C(Nc1ccccc1)/C(N=Nc1cccc(C(=O)O)c1)=C(\O)c1ccccc1. The van der Waals surface area contributed by atoms with Gasteiger partial charge in [-0.05, 0) is 30.3 Å². The highest BCUT2D eigenvalue weighted by atomic mass is 16.4. The molecule has 0 aliphatic rings. The van der Waals surface area contributed by atoms with Crippen LogP contribution in [0.1, 0.15) is 15.9 Å². The van der Waals surface area contributed by atoms with Gasteiger partial charge in [-0.1, -0.05) is 54.6 Å². The first kappa shape index (κ1) is 19.5. The molecule has 0 radical (unpaired) electrons. The number of aliphatic hydroxyl groups is 1. The maximum atomic E-state index is 12.7. The van der Waals surface area contributed by atoms with Gasteiger partial charge in [-0.3, -0.25) is 4.79 Å². The van der Waals surface area contributed by atoms with E-state index in [-0.39, 0.29) is 22.7 Å². The lowest BCUT2D eigenvalue weighted by Crippen LogP contribution is -2.14. The summed E-state index contributed by atoms with van der Waals surface area (Å²) in [6.45, 7) is 0. The molecule has 0 aromatic heterocycles. The van der Waals surface area contributed by atoms with Crippen molar-refractivity contribution in [3.63, 3.8) is 0 Å². The van der Waals surface area contributed by atoms with Crippen molar-refractivity contribution >= 4 is 29.0 Å². The monoisotopic (exact) mass is 387 g/mol. The summed E-state index contributed by atoms with van der Waals surface area (Å²) in [5.41, 5.74) is 0.882. The van der Waals surface area contributed by atoms with Gasteiger partial charge in [0.2, 0.25) is 0 Å². The fourth-order valence-corrected chi connectivity index (χ4v) is 2.45. The molecule has 0 aliphatic heterocycles. The number of aromatic carboxylic acids is 1. The number of carboxylic acids is 1. The zero-order chi connectivity index (χ0) is 20.6. The van der Waals surface area contributed by atoms with Gasteiger partial charge in [-0.25, -0.2) is 4.79 Å². The molecular formula is C22H17N3O4. The minimum atomic E-state index is -1.10. The van der Waals surface area contributed by atoms with E-state index in [9.17, 15) is 14.7 Å². The average molecular weight is 387 g/mol. The number of nitrogens with zero attached hydrogens (tertiary/aromatic N) is 2. The van der Waals surface area contributed by atoms with Crippen molar-refractivity contribution in [1.29, 1.82) is 0 Å². The zero-order valence-corrected chi connectivity index (χ0v) is 15.2. The largest absolute Gasteiger partial charge is 0.505 e. The van der Waals surface area contributed by atoms with Gasteiger partial charge in [-0.15, -0.1) is 5.11 Å². The van der Waals surface area contributed by atoms with Crippen LogP contribution in [0.15, 0.2) is 101 Å². The van der Waals surface area contributed by atoms with Gasteiger partial charge in [0.25, 0.3) is 5.91 Å². The van der Waals surface area contributed by atoms with Gasteiger partial charge in [0.05, 0.1) is 11.3 Å². The van der Waals surface area contributed by atoms with E-state index in [1.807, 2.05) is 6.07 Å². The van der Waals surface area contributed by atoms with Crippen LogP contribution in [0.2, 0.25) is 0 Å². The van der Waals surface area contributed by atoms with Crippen LogP contribution in [-0.4, -0.2) is 22.1 Å². The molecule has 7 nitrogen and oxygen atoms in total. The highest BCUT2D eigenvalue weighted by Crippen LogP contribution is 2.22. The molecule has 144 valence electrons. The van der Waals surface area contributed by atoms with Crippen LogP contribution in [0.4, 0.5) is 11.4 Å². The number of para-hydroxylation sites is 1. The minimum absolute atomic E-state index is 0.0352. The zero-order valence-electron chi connectivity index (χ0n) is 15.2. The third-order valence-corrected chi connectivity index (χ3v) is 3.88. The molecule has 0 heterocycles. The number of nitrogens with one attached hydrogen (secondary N) is 1. The van der Waals surface area contributed by atoms with Gasteiger partial charge in [0.15, 0.2) is 11.5 Å². The Hall–Kier alpha value is -4.26. The summed E-state index contributed by atoms with van der Waals surface area (Å²) in [4.78, 5) is 23.9. The molecule has 7 heteroatoms. The van der Waals surface area contributed by atoms with Gasteiger partial charge in [0.1, 0.15) is 0 Å². The van der Waals surface area contributed by atoms with Crippen molar-refractivity contribution in [2.45, 2.75) is 0 Å². The van der Waals surface area contributed by atoms with Crippen LogP contribution in [0.25, 0.3) is 5.76 Å². The fourth-order valence-electron chi connectivity index (χ4n) is 2.45. The van der Waals surface area contributed by atoms with Gasteiger partial charge in [0, 0.05) is 11.3 Å². The molecule has 3 aromatic rings. The normalized spacial score (nSPS) is 11.7. The topological polar surface area (TPSA) is 111 Å². The summed E-state index contributed by atoms with van der Waals surface area (Å²) in [6, 6.07) is 23.0. The first-order chi connectivity index (χ1) is 14.0. The van der Waals surface area contributed by atoms with Crippen LogP contribution >= 0.6 is 0 Å². The van der Waals surface area contributed by atoms with Crippen molar-refractivity contribution < 1.29 is 19.8 Å². The number of hydrogen-bond donors (Lipinski definition) is 3. The lowest BCUT2D eigenvalue weighted by molar-refractivity contribution is -0.112. The highest BCUT2D eigenvalue weighted by molar-refractivity contribution is 6.07. The molecule has 29 heavy (non-hydrogen) atoms. The lowest BCUT2D eigenvalue weighted by Gasteiger charge is -2.08. The van der Waals surface area contributed by atoms with E-state index in [2.05, 4.69) is 15.5 Å². The number of hydrogen-bond acceptors (Lipinski definition) is 5. The van der Waals surface area contributed by atoms with Crippen LogP contribution in [0.5, 0.6) is 0 Å². The Bertz CT molecular complexity index is 1080. The molecule has 3 rings (SSSR count). The number of azo groups is 1. The molecule has 0 saturated heterocycles. The highest BCUT2D eigenvalue weighted by Gasteiger charge is 2.17. The summed E-state index contributed by atoms with van der Waals surface area (Å²) >= 11 is 0. The maximum absolute atomic E-state index is 12.7. The Labute approximate surface area is 166 Å². The van der Waals surface area contributed by atoms with E-state index in [0.717, 1.165) is 0 Å². The Morgan fingerprint density at radius 2 is 1.38 bits per heavy atom. The number of carboxylic acid groups (broad SMARTS) is 1. The van der Waals surface area contributed by atoms with Gasteiger partial charge in [-0.2, -0.15) is 5.11 Å². The molecule has 0 unspecified atom stereocenters. The number of amides is 1. The van der Waals surface area contributed by atoms with E-state index in [1.165, 1.54) is 18.2 Å². The summed E-state index contributed by atoms with van der Waals surface area (Å²) in [5, 5.41) is 30.2. The molecule has 0 bridgehead atoms. The van der Waals surface area contributed by atoms with Crippen LogP contribution in [0.3, 0.4) is 0 Å². The van der Waals surface area contributed by atoms with Crippen molar-refractivity contribution in [2.24, 2.45) is 10.2 Å². The van der Waals surface area contributed by atoms with Crippen LogP contribution in [-0.2, 0) is 4.79 Å². The minimum Gasteiger partial charge on any atom is -0.505 e. The smallest absolute Gasteiger partial charge is 0.335 e. The van der Waals surface area contributed by atoms with E-state index >= 15 is 0 Å². The van der Waals surface area contributed by atoms with Crippen LogP contribution < -0.4 is 5.32 Å². The van der Waals surface area contributed by atoms with Gasteiger partial charge >= 0.3 is 5.97 Å². The molecule has 1 amide bonds. The maximum Gasteiger partial charge on any atom is 0.335 e. The molecule has 0 saturated carbocycles. The number of carbonyl (C=O) groups excluding carboxylic acids is 1. The van der Waals surface area contributed by atoms with E-state index in [0.29, 0.717) is 11.3 Å². The summed E-state index contributed by atoms with van der Waals surface area (Å²) < 4.78 is 0. The summed E-state index contributed by atoms with van der Waals surface area (Å²) in [7, 11) is 0.